The lowest BCUT2D eigenvalue weighted by atomic mass is 9.70. The highest BCUT2D eigenvalue weighted by atomic mass is 79.9. The van der Waals surface area contributed by atoms with Crippen molar-refractivity contribution in [2.75, 3.05) is 24.7 Å². The number of aryl methyl sites for hydroxylation is 2. The van der Waals surface area contributed by atoms with Crippen LogP contribution < -0.4 is 4.90 Å². The summed E-state index contributed by atoms with van der Waals surface area (Å²) < 4.78 is 12.2. The van der Waals surface area contributed by atoms with E-state index in [9.17, 15) is 19.5 Å². The predicted octanol–water partition coefficient (Wildman–Crippen LogP) is 4.29. The number of rotatable bonds is 12. The van der Waals surface area contributed by atoms with Gasteiger partial charge >= 0.3 is 5.97 Å². The first kappa shape index (κ1) is 31.2. The van der Waals surface area contributed by atoms with Crippen molar-refractivity contribution in [1.82, 2.24) is 4.90 Å². The molecule has 9 heteroatoms. The van der Waals surface area contributed by atoms with Crippen molar-refractivity contribution in [3.05, 3.63) is 90.5 Å². The molecule has 2 aromatic carbocycles. The number of likely N-dealkylation sites (tertiary alicyclic amines) is 1. The first-order valence-electron chi connectivity index (χ1n) is 14.7. The molecule has 1 spiro atoms. The van der Waals surface area contributed by atoms with Crippen LogP contribution in [-0.4, -0.2) is 76.2 Å². The number of alkyl halides is 1. The summed E-state index contributed by atoms with van der Waals surface area (Å²) in [6.07, 6.45) is 3.86. The molecule has 2 bridgehead atoms. The van der Waals surface area contributed by atoms with Crippen LogP contribution in [0.1, 0.15) is 29.5 Å². The molecule has 2 aromatic rings. The number of esters is 1. The highest BCUT2D eigenvalue weighted by molar-refractivity contribution is 9.09. The molecule has 0 saturated carbocycles. The molecule has 2 amide bonds. The van der Waals surface area contributed by atoms with Crippen LogP contribution in [0.5, 0.6) is 0 Å². The lowest BCUT2D eigenvalue weighted by Gasteiger charge is -2.40. The van der Waals surface area contributed by atoms with Crippen LogP contribution in [0.25, 0.3) is 0 Å². The number of fused-ring (bicyclic) bond motifs is 1. The number of para-hydroxylation sites is 1. The largest absolute Gasteiger partial charge is 0.465 e. The van der Waals surface area contributed by atoms with Crippen LogP contribution >= 0.6 is 15.9 Å². The minimum absolute atomic E-state index is 0.144. The summed E-state index contributed by atoms with van der Waals surface area (Å²) in [4.78, 5) is 46.0. The molecule has 3 fully saturated rings. The Balaban J connectivity index is 1.63. The zero-order valence-corrected chi connectivity index (χ0v) is 26.2. The van der Waals surface area contributed by atoms with Gasteiger partial charge in [0.15, 0.2) is 0 Å². The number of aliphatic hydroxyl groups is 1. The molecule has 43 heavy (non-hydrogen) atoms. The minimum atomic E-state index is -1.28. The monoisotopic (exact) mass is 650 g/mol. The van der Waals surface area contributed by atoms with Crippen molar-refractivity contribution in [2.24, 2.45) is 11.8 Å². The number of hydrogen-bond donors (Lipinski definition) is 1. The number of carbonyl (C=O) groups excluding carboxylic acids is 3. The van der Waals surface area contributed by atoms with E-state index in [1.54, 1.807) is 17.1 Å². The Morgan fingerprint density at radius 1 is 1.16 bits per heavy atom. The van der Waals surface area contributed by atoms with E-state index >= 15 is 0 Å². The van der Waals surface area contributed by atoms with Crippen molar-refractivity contribution in [3.8, 4) is 0 Å². The van der Waals surface area contributed by atoms with Crippen LogP contribution in [0.4, 0.5) is 5.69 Å². The van der Waals surface area contributed by atoms with Gasteiger partial charge in [-0.05, 0) is 49.8 Å². The van der Waals surface area contributed by atoms with Crippen molar-refractivity contribution in [3.63, 3.8) is 0 Å². The number of nitrogens with zero attached hydrogens (tertiary/aromatic N) is 2. The van der Waals surface area contributed by atoms with Crippen molar-refractivity contribution < 1.29 is 29.0 Å². The molecule has 0 aliphatic carbocycles. The summed E-state index contributed by atoms with van der Waals surface area (Å²) >= 11 is 3.71. The van der Waals surface area contributed by atoms with Gasteiger partial charge in [-0.2, -0.15) is 0 Å². The number of aliphatic hydroxyl groups excluding tert-OH is 1. The summed E-state index contributed by atoms with van der Waals surface area (Å²) in [6.45, 7) is 11.5. The fourth-order valence-corrected chi connectivity index (χ4v) is 8.23. The van der Waals surface area contributed by atoms with E-state index in [0.717, 1.165) is 22.4 Å². The van der Waals surface area contributed by atoms with E-state index in [1.807, 2.05) is 62.4 Å². The van der Waals surface area contributed by atoms with Gasteiger partial charge in [0, 0.05) is 17.1 Å². The minimum Gasteiger partial charge on any atom is -0.465 e. The molecule has 3 heterocycles. The molecule has 0 radical (unpaired) electrons. The third-order valence-electron chi connectivity index (χ3n) is 9.00. The van der Waals surface area contributed by atoms with Gasteiger partial charge in [0.2, 0.25) is 5.91 Å². The molecule has 1 N–H and O–H groups in total. The van der Waals surface area contributed by atoms with Gasteiger partial charge in [-0.25, -0.2) is 0 Å². The van der Waals surface area contributed by atoms with Gasteiger partial charge in [0.05, 0.1) is 37.2 Å². The van der Waals surface area contributed by atoms with Crippen LogP contribution in [0.15, 0.2) is 73.8 Å². The lowest BCUT2D eigenvalue weighted by Crippen LogP contribution is -2.59. The zero-order chi connectivity index (χ0) is 30.9. The second-order valence-electron chi connectivity index (χ2n) is 11.7. The van der Waals surface area contributed by atoms with Crippen LogP contribution in [-0.2, 0) is 30.3 Å². The first-order chi connectivity index (χ1) is 20.7. The fraction of sp³-hybridized carbons (Fsp3) is 0.441. The van der Waals surface area contributed by atoms with E-state index in [-0.39, 0.29) is 36.4 Å². The van der Waals surface area contributed by atoms with Crippen LogP contribution in [0.3, 0.4) is 0 Å². The van der Waals surface area contributed by atoms with E-state index in [1.165, 1.54) is 4.90 Å². The third-order valence-corrected chi connectivity index (χ3v) is 9.85. The Hall–Kier alpha value is -3.27. The summed E-state index contributed by atoms with van der Waals surface area (Å²) in [5, 5.41) is 10.7. The molecule has 228 valence electrons. The SMILES string of the molecule is C=CCCOC(=O)[C@H]1[C@H]2C(=O)N([C@@H](CO)Cc3ccccc3)C(C(=O)N(CC=C)c3c(C)cccc3C)C23CC(Br)[C@@H]1O3. The Kier molecular flexibility index (Phi) is 9.25. The quantitative estimate of drug-likeness (QED) is 0.159. The Bertz CT molecular complexity index is 1380. The first-order valence-corrected chi connectivity index (χ1v) is 15.7. The number of ether oxygens (including phenoxy) is 2. The molecule has 8 nitrogen and oxygen atoms in total. The number of amides is 2. The second kappa shape index (κ2) is 12.8. The van der Waals surface area contributed by atoms with Crippen LogP contribution in [0, 0.1) is 25.7 Å². The zero-order valence-electron chi connectivity index (χ0n) is 24.7. The summed E-state index contributed by atoms with van der Waals surface area (Å²) in [7, 11) is 0. The molecule has 3 saturated heterocycles. The smallest absolute Gasteiger partial charge is 0.312 e. The van der Waals surface area contributed by atoms with Gasteiger partial charge in [0.25, 0.3) is 5.91 Å². The highest BCUT2D eigenvalue weighted by Crippen LogP contribution is 2.61. The average molecular weight is 652 g/mol. The fourth-order valence-electron chi connectivity index (χ4n) is 7.29. The molecule has 0 aromatic heterocycles. The van der Waals surface area contributed by atoms with E-state index in [0.29, 0.717) is 19.3 Å². The second-order valence-corrected chi connectivity index (χ2v) is 12.8. The normalized spacial score (nSPS) is 28.0. The molecule has 3 aliphatic heterocycles. The van der Waals surface area contributed by atoms with E-state index in [4.69, 9.17) is 9.47 Å². The van der Waals surface area contributed by atoms with Gasteiger partial charge in [0.1, 0.15) is 11.6 Å². The average Bonchev–Trinajstić information content (AvgIpc) is 3.59. The molecule has 3 aliphatic rings. The maximum Gasteiger partial charge on any atom is 0.312 e. The summed E-state index contributed by atoms with van der Waals surface area (Å²) in [5.74, 6) is -3.04. The van der Waals surface area contributed by atoms with Gasteiger partial charge in [-0.1, -0.05) is 76.6 Å². The van der Waals surface area contributed by atoms with E-state index < -0.39 is 41.6 Å². The van der Waals surface area contributed by atoms with Gasteiger partial charge in [-0.3, -0.25) is 14.4 Å². The Labute approximate surface area is 261 Å². The Morgan fingerprint density at radius 2 is 1.86 bits per heavy atom. The van der Waals surface area contributed by atoms with Crippen LogP contribution in [0.2, 0.25) is 0 Å². The number of halogens is 1. The molecule has 3 unspecified atom stereocenters. The van der Waals surface area contributed by atoms with E-state index in [2.05, 4.69) is 29.1 Å². The number of anilines is 1. The standard InChI is InChI=1S/C34H39BrN2O6/c1-5-7-17-42-33(41)26-27-31(39)37(24(20-38)18-23-14-9-8-10-15-23)30(34(27)19-25(35)29(26)43-34)32(40)36(16-6-2)28-21(3)12-11-13-22(28)4/h5-6,8-15,24-27,29-30,38H,1-2,7,16-20H2,3-4H3/t24-,25?,26+,27+,29+,30?,34?/m1/s1. The summed E-state index contributed by atoms with van der Waals surface area (Å²) in [6, 6.07) is 13.6. The lowest BCUT2D eigenvalue weighted by molar-refractivity contribution is -0.155. The molecular formula is C34H39BrN2O6. The number of carbonyl (C=O) groups is 3. The number of benzene rings is 2. The highest BCUT2D eigenvalue weighted by Gasteiger charge is 2.77. The maximum atomic E-state index is 15.0. The number of hydrogen-bond acceptors (Lipinski definition) is 6. The van der Waals surface area contributed by atoms with Gasteiger partial charge in [-0.15, -0.1) is 13.2 Å². The van der Waals surface area contributed by atoms with Crippen molar-refractivity contribution in [2.45, 2.75) is 61.7 Å². The van der Waals surface area contributed by atoms with Crippen molar-refractivity contribution in [1.29, 1.82) is 0 Å². The topological polar surface area (TPSA) is 96.4 Å². The van der Waals surface area contributed by atoms with Gasteiger partial charge < -0.3 is 24.4 Å². The maximum absolute atomic E-state index is 15.0. The molecule has 7 atom stereocenters. The Morgan fingerprint density at radius 3 is 2.49 bits per heavy atom. The molecule has 5 rings (SSSR count). The third kappa shape index (κ3) is 5.36. The predicted molar refractivity (Wildman–Crippen MR) is 168 cm³/mol. The summed E-state index contributed by atoms with van der Waals surface area (Å²) in [5.41, 5.74) is 2.18. The molecular weight excluding hydrogens is 612 g/mol. The van der Waals surface area contributed by atoms with Crippen molar-refractivity contribution >= 4 is 39.4 Å².